The largest absolute Gasteiger partial charge is 0.461 e. The lowest BCUT2D eigenvalue weighted by Gasteiger charge is -1.98. The molecular formula is C15H15N3O3. The molecule has 0 saturated heterocycles. The van der Waals surface area contributed by atoms with Crippen molar-refractivity contribution >= 4 is 17.0 Å². The number of oxazole rings is 1. The van der Waals surface area contributed by atoms with E-state index in [-0.39, 0.29) is 5.69 Å². The summed E-state index contributed by atoms with van der Waals surface area (Å²) in [5.74, 6) is 0.826. The summed E-state index contributed by atoms with van der Waals surface area (Å²) in [6.07, 6.45) is 1.31. The van der Waals surface area contributed by atoms with E-state index in [2.05, 4.69) is 9.97 Å². The topological polar surface area (TPSA) is 70.2 Å². The third-order valence-corrected chi connectivity index (χ3v) is 3.34. The number of rotatable bonds is 3. The van der Waals surface area contributed by atoms with Crippen LogP contribution in [0.4, 0.5) is 0 Å². The van der Waals surface area contributed by atoms with Crippen LogP contribution in [-0.4, -0.2) is 27.1 Å². The normalized spacial score (nSPS) is 11.0. The highest BCUT2D eigenvalue weighted by Crippen LogP contribution is 2.24. The van der Waals surface area contributed by atoms with Crippen LogP contribution in [0.3, 0.4) is 0 Å². The van der Waals surface area contributed by atoms with Gasteiger partial charge in [-0.15, -0.1) is 0 Å². The number of aryl methyl sites for hydroxylation is 2. The number of carbonyl (C=O) groups is 1. The molecule has 21 heavy (non-hydrogen) atoms. The maximum absolute atomic E-state index is 11.6. The highest BCUT2D eigenvalue weighted by molar-refractivity contribution is 5.88. The van der Waals surface area contributed by atoms with Gasteiger partial charge in [-0.2, -0.15) is 0 Å². The van der Waals surface area contributed by atoms with Crippen molar-refractivity contribution in [3.8, 4) is 11.5 Å². The van der Waals surface area contributed by atoms with Gasteiger partial charge in [-0.25, -0.2) is 14.8 Å². The molecule has 0 spiro atoms. The van der Waals surface area contributed by atoms with Crippen LogP contribution < -0.4 is 0 Å². The zero-order chi connectivity index (χ0) is 15.0. The van der Waals surface area contributed by atoms with E-state index in [0.29, 0.717) is 12.5 Å². The van der Waals surface area contributed by atoms with Crippen LogP contribution in [0.2, 0.25) is 0 Å². The summed E-state index contributed by atoms with van der Waals surface area (Å²) in [6.45, 7) is 4.00. The number of hydrogen-bond acceptors (Lipinski definition) is 5. The first-order chi connectivity index (χ1) is 10.1. The van der Waals surface area contributed by atoms with Crippen LogP contribution in [-0.2, 0) is 11.8 Å². The Kier molecular flexibility index (Phi) is 3.21. The lowest BCUT2D eigenvalue weighted by molar-refractivity contribution is 0.0519. The molecule has 2 heterocycles. The minimum atomic E-state index is -0.484. The third kappa shape index (κ3) is 2.29. The van der Waals surface area contributed by atoms with Crippen LogP contribution in [0.15, 0.2) is 28.9 Å². The fraction of sp³-hybridized carbons (Fsp3) is 0.267. The molecule has 0 N–H and O–H groups in total. The number of hydrogen-bond donors (Lipinski definition) is 0. The minimum absolute atomic E-state index is 0.171. The van der Waals surface area contributed by atoms with E-state index in [0.717, 1.165) is 22.4 Å². The van der Waals surface area contributed by atoms with Crippen LogP contribution in [0.1, 0.15) is 23.2 Å². The summed E-state index contributed by atoms with van der Waals surface area (Å²) in [5, 5.41) is 0. The zero-order valence-electron chi connectivity index (χ0n) is 12.1. The molecule has 0 fully saturated rings. The summed E-state index contributed by atoms with van der Waals surface area (Å²) >= 11 is 0. The Morgan fingerprint density at radius 1 is 1.38 bits per heavy atom. The van der Waals surface area contributed by atoms with Gasteiger partial charge in [0.15, 0.2) is 5.69 Å². The van der Waals surface area contributed by atoms with Gasteiger partial charge in [0.05, 0.1) is 17.6 Å². The van der Waals surface area contributed by atoms with Crippen molar-refractivity contribution in [1.82, 2.24) is 14.5 Å². The molecule has 0 saturated carbocycles. The first-order valence-corrected chi connectivity index (χ1v) is 6.66. The molecular weight excluding hydrogens is 270 g/mol. The van der Waals surface area contributed by atoms with Crippen molar-refractivity contribution in [3.63, 3.8) is 0 Å². The molecule has 3 rings (SSSR count). The van der Waals surface area contributed by atoms with Gasteiger partial charge in [-0.05, 0) is 32.0 Å². The van der Waals surface area contributed by atoms with E-state index in [1.54, 1.807) is 6.92 Å². The van der Waals surface area contributed by atoms with Crippen molar-refractivity contribution in [3.05, 3.63) is 36.0 Å². The van der Waals surface area contributed by atoms with Crippen molar-refractivity contribution < 1.29 is 13.9 Å². The summed E-state index contributed by atoms with van der Waals surface area (Å²) in [6, 6.07) is 5.74. The second-order valence-electron chi connectivity index (χ2n) is 4.68. The fourth-order valence-corrected chi connectivity index (χ4v) is 2.16. The van der Waals surface area contributed by atoms with Crippen LogP contribution in [0.25, 0.3) is 22.5 Å². The van der Waals surface area contributed by atoms with Crippen LogP contribution >= 0.6 is 0 Å². The Balaban J connectivity index is 1.99. The standard InChI is InChI=1S/C15H15N3O3/c1-4-20-15(19)12-8-21-14(17-12)10-5-6-13-11(7-10)16-9(2)18(13)3/h5-8H,4H2,1-3H3. The number of nitrogens with zero attached hydrogens (tertiary/aromatic N) is 3. The Morgan fingerprint density at radius 3 is 2.95 bits per heavy atom. The second kappa shape index (κ2) is 5.05. The first-order valence-electron chi connectivity index (χ1n) is 6.66. The van der Waals surface area contributed by atoms with Crippen LogP contribution in [0, 0.1) is 6.92 Å². The van der Waals surface area contributed by atoms with E-state index < -0.39 is 5.97 Å². The van der Waals surface area contributed by atoms with Gasteiger partial charge in [0.1, 0.15) is 12.1 Å². The molecule has 2 aromatic heterocycles. The Morgan fingerprint density at radius 2 is 2.19 bits per heavy atom. The maximum atomic E-state index is 11.6. The lowest BCUT2D eigenvalue weighted by Crippen LogP contribution is -2.04. The molecule has 1 aromatic carbocycles. The molecule has 0 aliphatic rings. The third-order valence-electron chi connectivity index (χ3n) is 3.34. The average Bonchev–Trinajstić information content (AvgIpc) is 3.05. The van der Waals surface area contributed by atoms with E-state index in [1.807, 2.05) is 36.7 Å². The smallest absolute Gasteiger partial charge is 0.360 e. The molecule has 108 valence electrons. The molecule has 6 nitrogen and oxygen atoms in total. The quantitative estimate of drug-likeness (QED) is 0.692. The van der Waals surface area contributed by atoms with E-state index in [9.17, 15) is 4.79 Å². The fourth-order valence-electron chi connectivity index (χ4n) is 2.16. The van der Waals surface area contributed by atoms with Gasteiger partial charge in [-0.3, -0.25) is 0 Å². The minimum Gasteiger partial charge on any atom is -0.461 e. The number of aromatic nitrogens is 3. The zero-order valence-corrected chi connectivity index (χ0v) is 12.1. The SMILES string of the molecule is CCOC(=O)c1coc(-c2ccc3c(c2)nc(C)n3C)n1. The number of fused-ring (bicyclic) bond motifs is 1. The van der Waals surface area contributed by atoms with Crippen molar-refractivity contribution in [1.29, 1.82) is 0 Å². The Bertz CT molecular complexity index is 817. The summed E-state index contributed by atoms with van der Waals surface area (Å²) in [4.78, 5) is 20.2. The highest BCUT2D eigenvalue weighted by atomic mass is 16.5. The van der Waals surface area contributed by atoms with Gasteiger partial charge in [0, 0.05) is 12.6 Å². The number of esters is 1. The number of ether oxygens (including phenoxy) is 1. The molecule has 0 aliphatic heterocycles. The Hall–Kier alpha value is -2.63. The Labute approximate surface area is 121 Å². The van der Waals surface area contributed by atoms with Gasteiger partial charge >= 0.3 is 5.97 Å². The monoisotopic (exact) mass is 285 g/mol. The molecule has 0 aliphatic carbocycles. The molecule has 0 radical (unpaired) electrons. The van der Waals surface area contributed by atoms with E-state index >= 15 is 0 Å². The summed E-state index contributed by atoms with van der Waals surface area (Å²) in [7, 11) is 1.97. The molecule has 0 atom stereocenters. The average molecular weight is 285 g/mol. The molecule has 6 heteroatoms. The van der Waals surface area contributed by atoms with E-state index in [4.69, 9.17) is 9.15 Å². The highest BCUT2D eigenvalue weighted by Gasteiger charge is 2.15. The van der Waals surface area contributed by atoms with Gasteiger partial charge in [-0.1, -0.05) is 0 Å². The molecule has 3 aromatic rings. The molecule has 0 unspecified atom stereocenters. The molecule has 0 amide bonds. The predicted molar refractivity (Wildman–Crippen MR) is 76.9 cm³/mol. The van der Waals surface area contributed by atoms with E-state index in [1.165, 1.54) is 6.26 Å². The van der Waals surface area contributed by atoms with Gasteiger partial charge in [0.25, 0.3) is 0 Å². The number of carbonyl (C=O) groups excluding carboxylic acids is 1. The second-order valence-corrected chi connectivity index (χ2v) is 4.68. The molecule has 0 bridgehead atoms. The van der Waals surface area contributed by atoms with Gasteiger partial charge < -0.3 is 13.7 Å². The maximum Gasteiger partial charge on any atom is 0.360 e. The number of imidazole rings is 1. The number of benzene rings is 1. The summed E-state index contributed by atoms with van der Waals surface area (Å²) in [5.41, 5.74) is 2.84. The van der Waals surface area contributed by atoms with Crippen molar-refractivity contribution in [2.45, 2.75) is 13.8 Å². The van der Waals surface area contributed by atoms with Crippen molar-refractivity contribution in [2.75, 3.05) is 6.61 Å². The van der Waals surface area contributed by atoms with Crippen molar-refractivity contribution in [2.24, 2.45) is 7.05 Å². The van der Waals surface area contributed by atoms with Crippen LogP contribution in [0.5, 0.6) is 0 Å². The predicted octanol–water partition coefficient (Wildman–Crippen LogP) is 2.71. The summed E-state index contributed by atoms with van der Waals surface area (Å²) < 4.78 is 12.3. The van der Waals surface area contributed by atoms with Gasteiger partial charge in [0.2, 0.25) is 5.89 Å². The first kappa shape index (κ1) is 13.4. The lowest BCUT2D eigenvalue weighted by atomic mass is 10.2.